The molecule has 0 atom stereocenters. The second-order valence-corrected chi connectivity index (χ2v) is 8.09. The molecule has 1 saturated carbocycles. The molecule has 7 nitrogen and oxygen atoms in total. The molecule has 1 aliphatic carbocycles. The van der Waals surface area contributed by atoms with Crippen molar-refractivity contribution in [2.24, 2.45) is 18.9 Å². The van der Waals surface area contributed by atoms with E-state index in [0.29, 0.717) is 23.3 Å². The number of hydrogen-bond acceptors (Lipinski definition) is 4. The maximum Gasteiger partial charge on any atom is 0.328 e. The first-order valence-electron chi connectivity index (χ1n) is 9.73. The van der Waals surface area contributed by atoms with Crippen LogP contribution in [0.2, 0.25) is 5.15 Å². The molecule has 2 heterocycles. The third kappa shape index (κ3) is 4.00. The Bertz CT molecular complexity index is 1110. The standard InChI is InChI=1S/C21H23ClN4O3/c1-25-17-7-6-16(27)11-18(17)26(21(25)29)12-13-2-4-14(5-3-13)20(28)24-15-8-9-23-19(22)10-15/h6-11,13-14,27H,2-5,12H2,1H3,(H,23,24,28). The molecule has 1 aliphatic rings. The first-order valence-corrected chi connectivity index (χ1v) is 10.1. The number of amides is 1. The van der Waals surface area contributed by atoms with E-state index in [1.165, 1.54) is 0 Å². The van der Waals surface area contributed by atoms with Crippen molar-refractivity contribution in [2.45, 2.75) is 32.2 Å². The van der Waals surface area contributed by atoms with Crippen molar-refractivity contribution >= 4 is 34.2 Å². The van der Waals surface area contributed by atoms with Gasteiger partial charge in [-0.25, -0.2) is 9.78 Å². The molecule has 0 aliphatic heterocycles. The van der Waals surface area contributed by atoms with Crippen LogP contribution in [0, 0.1) is 11.8 Å². The number of aryl methyl sites for hydroxylation is 1. The Morgan fingerprint density at radius 2 is 1.97 bits per heavy atom. The molecule has 1 fully saturated rings. The predicted octanol–water partition coefficient (Wildman–Crippen LogP) is 3.54. The van der Waals surface area contributed by atoms with Gasteiger partial charge in [-0.2, -0.15) is 0 Å². The van der Waals surface area contributed by atoms with Crippen molar-refractivity contribution in [3.05, 3.63) is 52.2 Å². The Morgan fingerprint density at radius 1 is 1.21 bits per heavy atom. The van der Waals surface area contributed by atoms with Crippen LogP contribution in [0.1, 0.15) is 25.7 Å². The van der Waals surface area contributed by atoms with E-state index < -0.39 is 0 Å². The Kier molecular flexibility index (Phi) is 5.32. The topological polar surface area (TPSA) is 89.2 Å². The van der Waals surface area contributed by atoms with E-state index >= 15 is 0 Å². The fourth-order valence-electron chi connectivity index (χ4n) is 4.17. The van der Waals surface area contributed by atoms with Crippen LogP contribution in [0.5, 0.6) is 5.75 Å². The van der Waals surface area contributed by atoms with Crippen molar-refractivity contribution in [2.75, 3.05) is 5.32 Å². The molecule has 29 heavy (non-hydrogen) atoms. The molecule has 152 valence electrons. The van der Waals surface area contributed by atoms with Gasteiger partial charge >= 0.3 is 5.69 Å². The molecule has 1 amide bonds. The highest BCUT2D eigenvalue weighted by Gasteiger charge is 2.27. The van der Waals surface area contributed by atoms with Crippen LogP contribution in [0.15, 0.2) is 41.3 Å². The average molecular weight is 415 g/mol. The van der Waals surface area contributed by atoms with E-state index in [1.807, 2.05) is 0 Å². The summed E-state index contributed by atoms with van der Waals surface area (Å²) in [6.45, 7) is 0.591. The number of benzene rings is 1. The van der Waals surface area contributed by atoms with Crippen LogP contribution in [-0.2, 0) is 18.4 Å². The number of aromatic nitrogens is 3. The van der Waals surface area contributed by atoms with Crippen molar-refractivity contribution in [3.8, 4) is 5.75 Å². The van der Waals surface area contributed by atoms with Gasteiger partial charge in [-0.15, -0.1) is 0 Å². The summed E-state index contributed by atoms with van der Waals surface area (Å²) in [4.78, 5) is 29.1. The lowest BCUT2D eigenvalue weighted by molar-refractivity contribution is -0.121. The number of phenols is 1. The molecule has 2 N–H and O–H groups in total. The molecule has 0 radical (unpaired) electrons. The lowest BCUT2D eigenvalue weighted by Crippen LogP contribution is -2.30. The van der Waals surface area contributed by atoms with Gasteiger partial charge in [-0.1, -0.05) is 11.6 Å². The second-order valence-electron chi connectivity index (χ2n) is 7.70. The maximum absolute atomic E-state index is 12.6. The highest BCUT2D eigenvalue weighted by atomic mass is 35.5. The number of halogens is 1. The van der Waals surface area contributed by atoms with E-state index in [2.05, 4.69) is 10.3 Å². The Balaban J connectivity index is 1.41. The summed E-state index contributed by atoms with van der Waals surface area (Å²) < 4.78 is 3.34. The number of rotatable bonds is 4. The van der Waals surface area contributed by atoms with Crippen LogP contribution in [0.3, 0.4) is 0 Å². The van der Waals surface area contributed by atoms with Crippen molar-refractivity contribution in [1.82, 2.24) is 14.1 Å². The van der Waals surface area contributed by atoms with Gasteiger partial charge in [0, 0.05) is 37.5 Å². The first kappa shape index (κ1) is 19.5. The molecule has 0 saturated heterocycles. The monoisotopic (exact) mass is 414 g/mol. The first-order chi connectivity index (χ1) is 13.9. The van der Waals surface area contributed by atoms with E-state index in [-0.39, 0.29) is 23.3 Å². The summed E-state index contributed by atoms with van der Waals surface area (Å²) >= 11 is 5.87. The molecule has 1 aromatic carbocycles. The Morgan fingerprint density at radius 3 is 2.69 bits per heavy atom. The summed E-state index contributed by atoms with van der Waals surface area (Å²) in [6, 6.07) is 8.34. The summed E-state index contributed by atoms with van der Waals surface area (Å²) in [6.07, 6.45) is 4.86. The normalized spacial score (nSPS) is 19.4. The highest BCUT2D eigenvalue weighted by Crippen LogP contribution is 2.31. The number of phenolic OH excluding ortho intramolecular Hbond substituents is 1. The van der Waals surface area contributed by atoms with E-state index in [9.17, 15) is 14.7 Å². The zero-order valence-corrected chi connectivity index (χ0v) is 16.9. The number of carbonyl (C=O) groups excluding carboxylic acids is 1. The zero-order chi connectivity index (χ0) is 20.5. The Labute approximate surface area is 172 Å². The zero-order valence-electron chi connectivity index (χ0n) is 16.1. The molecular weight excluding hydrogens is 392 g/mol. The van der Waals surface area contributed by atoms with Gasteiger partial charge in [-0.05, 0) is 55.9 Å². The second kappa shape index (κ2) is 7.91. The Hall–Kier alpha value is -2.80. The molecule has 0 bridgehead atoms. The lowest BCUT2D eigenvalue weighted by atomic mass is 9.81. The fourth-order valence-corrected chi connectivity index (χ4v) is 4.34. The van der Waals surface area contributed by atoms with Gasteiger partial charge in [0.1, 0.15) is 10.9 Å². The van der Waals surface area contributed by atoms with E-state index in [4.69, 9.17) is 11.6 Å². The van der Waals surface area contributed by atoms with Gasteiger partial charge in [0.15, 0.2) is 0 Å². The van der Waals surface area contributed by atoms with Gasteiger partial charge in [0.05, 0.1) is 11.0 Å². The minimum atomic E-state index is -0.0833. The summed E-state index contributed by atoms with van der Waals surface area (Å²) in [5.41, 5.74) is 2.11. The summed E-state index contributed by atoms with van der Waals surface area (Å²) in [5.74, 6) is 0.415. The number of pyridine rings is 1. The number of anilines is 1. The van der Waals surface area contributed by atoms with Gasteiger partial charge in [-0.3, -0.25) is 13.9 Å². The van der Waals surface area contributed by atoms with Crippen molar-refractivity contribution < 1.29 is 9.90 Å². The summed E-state index contributed by atoms with van der Waals surface area (Å²) in [5, 5.41) is 13.1. The van der Waals surface area contributed by atoms with Crippen molar-refractivity contribution in [1.29, 1.82) is 0 Å². The molecule has 8 heteroatoms. The smallest absolute Gasteiger partial charge is 0.328 e. The SMILES string of the molecule is Cn1c(=O)n(CC2CCC(C(=O)Nc3ccnc(Cl)c3)CC2)c2cc(O)ccc21. The quantitative estimate of drug-likeness (QED) is 0.639. The largest absolute Gasteiger partial charge is 0.508 e. The lowest BCUT2D eigenvalue weighted by Gasteiger charge is -2.28. The number of hydrogen-bond donors (Lipinski definition) is 2. The van der Waals surface area contributed by atoms with Gasteiger partial charge in [0.2, 0.25) is 5.91 Å². The fraction of sp³-hybridized carbons (Fsp3) is 0.381. The molecular formula is C21H23ClN4O3. The highest BCUT2D eigenvalue weighted by molar-refractivity contribution is 6.29. The molecule has 3 aromatic rings. The van der Waals surface area contributed by atoms with Crippen LogP contribution < -0.4 is 11.0 Å². The predicted molar refractivity (Wildman–Crippen MR) is 112 cm³/mol. The molecule has 2 aromatic heterocycles. The molecule has 0 spiro atoms. The van der Waals surface area contributed by atoms with Crippen LogP contribution >= 0.6 is 11.6 Å². The number of nitrogens with one attached hydrogen (secondary N) is 1. The average Bonchev–Trinajstić information content (AvgIpc) is 2.93. The third-order valence-corrected chi connectivity index (χ3v) is 5.99. The van der Waals surface area contributed by atoms with E-state index in [1.54, 1.807) is 52.7 Å². The number of imidazole rings is 1. The minimum Gasteiger partial charge on any atom is -0.508 e. The number of carbonyl (C=O) groups is 1. The molecule has 4 rings (SSSR count). The van der Waals surface area contributed by atoms with Crippen LogP contribution in [0.4, 0.5) is 5.69 Å². The number of aromatic hydroxyl groups is 1. The van der Waals surface area contributed by atoms with Gasteiger partial charge in [0.25, 0.3) is 0 Å². The van der Waals surface area contributed by atoms with E-state index in [0.717, 1.165) is 36.7 Å². The maximum atomic E-state index is 12.6. The van der Waals surface area contributed by atoms with Crippen LogP contribution in [-0.4, -0.2) is 25.1 Å². The van der Waals surface area contributed by atoms with Gasteiger partial charge < -0.3 is 10.4 Å². The van der Waals surface area contributed by atoms with Crippen molar-refractivity contribution in [3.63, 3.8) is 0 Å². The summed E-state index contributed by atoms with van der Waals surface area (Å²) in [7, 11) is 1.74. The minimum absolute atomic E-state index is 0.00188. The molecule has 0 unspecified atom stereocenters. The number of fused-ring (bicyclic) bond motifs is 1. The third-order valence-electron chi connectivity index (χ3n) is 5.78. The number of nitrogens with zero attached hydrogens (tertiary/aromatic N) is 3. The van der Waals surface area contributed by atoms with Crippen LogP contribution in [0.25, 0.3) is 11.0 Å².